The third kappa shape index (κ3) is 3.29. The SMILES string of the molecule is CO[C@H]1CN(c2nc3ccccc3cc2-c2cc(=O)c3c(C(N)=O)nccc3[nH]2)C[C@@H]1C. The van der Waals surface area contributed by atoms with Crippen molar-refractivity contribution in [2.24, 2.45) is 11.7 Å². The lowest BCUT2D eigenvalue weighted by Crippen LogP contribution is -2.24. The zero-order valence-electron chi connectivity index (χ0n) is 17.8. The molecule has 162 valence electrons. The van der Waals surface area contributed by atoms with E-state index in [1.54, 1.807) is 13.2 Å². The maximum absolute atomic E-state index is 13.0. The van der Waals surface area contributed by atoms with Crippen molar-refractivity contribution in [3.05, 3.63) is 64.6 Å². The van der Waals surface area contributed by atoms with Gasteiger partial charge in [-0.1, -0.05) is 25.1 Å². The van der Waals surface area contributed by atoms with Gasteiger partial charge in [-0.3, -0.25) is 14.6 Å². The highest BCUT2D eigenvalue weighted by Gasteiger charge is 2.32. The van der Waals surface area contributed by atoms with E-state index in [0.29, 0.717) is 23.7 Å². The first-order chi connectivity index (χ1) is 15.5. The summed E-state index contributed by atoms with van der Waals surface area (Å²) in [6.07, 6.45) is 1.57. The summed E-state index contributed by atoms with van der Waals surface area (Å²) in [7, 11) is 1.73. The van der Waals surface area contributed by atoms with Gasteiger partial charge in [-0.2, -0.15) is 0 Å². The van der Waals surface area contributed by atoms with Crippen LogP contribution < -0.4 is 16.1 Å². The number of hydrogen-bond donors (Lipinski definition) is 2. The fraction of sp³-hybridized carbons (Fsp3) is 0.250. The number of carbonyl (C=O) groups is 1. The standard InChI is InChI=1S/C24H23N5O3/c1-13-11-29(12-20(13)32-2)24-15(9-14-5-3-4-6-16(14)28-24)18-10-19(30)21-17(27-18)7-8-26-22(21)23(25)31/h3-10,13,20H,11-12H2,1-2H3,(H2,25,31)(H,27,30)/t13-,20-/m0/s1. The number of rotatable bonds is 4. The first-order valence-electron chi connectivity index (χ1n) is 10.5. The van der Waals surface area contributed by atoms with Crippen molar-refractivity contribution in [1.82, 2.24) is 15.0 Å². The van der Waals surface area contributed by atoms with Crippen molar-refractivity contribution < 1.29 is 9.53 Å². The summed E-state index contributed by atoms with van der Waals surface area (Å²) >= 11 is 0. The lowest BCUT2D eigenvalue weighted by molar-refractivity contribution is 0.0899. The second-order valence-electron chi connectivity index (χ2n) is 8.20. The van der Waals surface area contributed by atoms with Crippen LogP contribution in [0.4, 0.5) is 5.82 Å². The highest BCUT2D eigenvalue weighted by Crippen LogP contribution is 2.35. The van der Waals surface area contributed by atoms with Crippen LogP contribution in [0.25, 0.3) is 33.1 Å². The number of pyridine rings is 3. The first kappa shape index (κ1) is 20.1. The van der Waals surface area contributed by atoms with Crippen LogP contribution in [0.15, 0.2) is 53.5 Å². The van der Waals surface area contributed by atoms with E-state index in [1.165, 1.54) is 12.3 Å². The molecule has 5 rings (SSSR count). The van der Waals surface area contributed by atoms with Crippen LogP contribution in [0, 0.1) is 5.92 Å². The Hall–Kier alpha value is -3.78. The summed E-state index contributed by atoms with van der Waals surface area (Å²) in [5, 5.41) is 1.16. The van der Waals surface area contributed by atoms with Gasteiger partial charge in [0.05, 0.1) is 28.2 Å². The third-order valence-electron chi connectivity index (χ3n) is 6.12. The number of aromatic amines is 1. The smallest absolute Gasteiger partial charge is 0.268 e. The van der Waals surface area contributed by atoms with Gasteiger partial charge in [-0.15, -0.1) is 0 Å². The number of nitrogens with one attached hydrogen (secondary N) is 1. The lowest BCUT2D eigenvalue weighted by atomic mass is 10.1. The van der Waals surface area contributed by atoms with Crippen LogP contribution in [0.2, 0.25) is 0 Å². The van der Waals surface area contributed by atoms with Gasteiger partial charge in [0.25, 0.3) is 5.91 Å². The number of amides is 1. The summed E-state index contributed by atoms with van der Waals surface area (Å²) in [5.74, 6) is 0.397. The predicted molar refractivity (Wildman–Crippen MR) is 124 cm³/mol. The van der Waals surface area contributed by atoms with Crippen LogP contribution >= 0.6 is 0 Å². The Bertz CT molecular complexity index is 1410. The molecule has 0 bridgehead atoms. The quantitative estimate of drug-likeness (QED) is 0.516. The van der Waals surface area contributed by atoms with E-state index >= 15 is 0 Å². The number of H-pyrrole nitrogens is 1. The van der Waals surface area contributed by atoms with Gasteiger partial charge in [0, 0.05) is 49.3 Å². The van der Waals surface area contributed by atoms with E-state index in [2.05, 4.69) is 21.8 Å². The van der Waals surface area contributed by atoms with Crippen molar-refractivity contribution in [3.8, 4) is 11.3 Å². The minimum atomic E-state index is -0.737. The van der Waals surface area contributed by atoms with Crippen LogP contribution in [-0.2, 0) is 4.74 Å². The number of anilines is 1. The number of ether oxygens (including phenoxy) is 1. The molecule has 1 aliphatic heterocycles. The highest BCUT2D eigenvalue weighted by molar-refractivity contribution is 6.04. The Morgan fingerprint density at radius 2 is 2.03 bits per heavy atom. The van der Waals surface area contributed by atoms with Gasteiger partial charge in [0.1, 0.15) is 11.5 Å². The van der Waals surface area contributed by atoms with Crippen molar-refractivity contribution in [1.29, 1.82) is 0 Å². The fourth-order valence-corrected chi connectivity index (χ4v) is 4.49. The molecule has 0 aliphatic carbocycles. The predicted octanol–water partition coefficient (Wildman–Crippen LogP) is 2.71. The zero-order chi connectivity index (χ0) is 22.4. The average Bonchev–Trinajstić information content (AvgIpc) is 3.18. The number of fused-ring (bicyclic) bond motifs is 2. The zero-order valence-corrected chi connectivity index (χ0v) is 17.8. The Balaban J connectivity index is 1.74. The van der Waals surface area contributed by atoms with Gasteiger partial charge in [-0.25, -0.2) is 4.98 Å². The Morgan fingerprint density at radius 1 is 1.22 bits per heavy atom. The number of primary amides is 1. The maximum atomic E-state index is 13.0. The van der Waals surface area contributed by atoms with Crippen molar-refractivity contribution in [3.63, 3.8) is 0 Å². The largest absolute Gasteiger partial charge is 0.379 e. The van der Waals surface area contributed by atoms with Crippen molar-refractivity contribution >= 4 is 33.5 Å². The molecule has 1 aromatic carbocycles. The van der Waals surface area contributed by atoms with Crippen LogP contribution in [0.1, 0.15) is 17.4 Å². The third-order valence-corrected chi connectivity index (χ3v) is 6.12. The second kappa shape index (κ2) is 7.72. The molecule has 0 spiro atoms. The molecule has 8 nitrogen and oxygen atoms in total. The first-order valence-corrected chi connectivity index (χ1v) is 10.5. The number of aromatic nitrogens is 3. The minimum Gasteiger partial charge on any atom is -0.379 e. The van der Waals surface area contributed by atoms with Crippen LogP contribution in [0.3, 0.4) is 0 Å². The number of hydrogen-bond acceptors (Lipinski definition) is 6. The van der Waals surface area contributed by atoms with Crippen molar-refractivity contribution in [2.75, 3.05) is 25.1 Å². The summed E-state index contributed by atoms with van der Waals surface area (Å²) in [5.41, 5.74) is 7.87. The summed E-state index contributed by atoms with van der Waals surface area (Å²) < 4.78 is 5.64. The fourth-order valence-electron chi connectivity index (χ4n) is 4.49. The van der Waals surface area contributed by atoms with E-state index < -0.39 is 5.91 Å². The van der Waals surface area contributed by atoms with Gasteiger partial charge in [0.15, 0.2) is 5.43 Å². The van der Waals surface area contributed by atoms with E-state index in [4.69, 9.17) is 15.5 Å². The number of nitrogens with zero attached hydrogens (tertiary/aromatic N) is 3. The van der Waals surface area contributed by atoms with Gasteiger partial charge < -0.3 is 20.4 Å². The van der Waals surface area contributed by atoms with Crippen molar-refractivity contribution in [2.45, 2.75) is 13.0 Å². The average molecular weight is 429 g/mol. The van der Waals surface area contributed by atoms with Gasteiger partial charge >= 0.3 is 0 Å². The molecule has 0 unspecified atom stereocenters. The molecule has 1 amide bonds. The minimum absolute atomic E-state index is 0.0385. The van der Waals surface area contributed by atoms with E-state index in [1.807, 2.05) is 30.3 Å². The molecule has 0 saturated carbocycles. The lowest BCUT2D eigenvalue weighted by Gasteiger charge is -2.22. The van der Waals surface area contributed by atoms with Gasteiger partial charge in [0.2, 0.25) is 0 Å². The van der Waals surface area contributed by atoms with E-state index in [0.717, 1.165) is 28.8 Å². The van der Waals surface area contributed by atoms with Crippen LogP contribution in [0.5, 0.6) is 0 Å². The van der Waals surface area contributed by atoms with E-state index in [9.17, 15) is 9.59 Å². The molecular weight excluding hydrogens is 406 g/mol. The number of para-hydroxylation sites is 1. The summed E-state index contributed by atoms with van der Waals surface area (Å²) in [6, 6.07) is 13.1. The maximum Gasteiger partial charge on any atom is 0.268 e. The number of carbonyl (C=O) groups excluding carboxylic acids is 1. The molecule has 1 aliphatic rings. The molecule has 4 heterocycles. The monoisotopic (exact) mass is 429 g/mol. The normalized spacial score (nSPS) is 18.5. The topological polar surface area (TPSA) is 114 Å². The molecule has 3 aromatic heterocycles. The molecule has 2 atom stereocenters. The Labute approximate surface area is 184 Å². The molecule has 1 fully saturated rings. The molecule has 1 saturated heterocycles. The molecule has 0 radical (unpaired) electrons. The molecule has 8 heteroatoms. The molecule has 32 heavy (non-hydrogen) atoms. The molecule has 4 aromatic rings. The molecular formula is C24H23N5O3. The number of nitrogens with two attached hydrogens (primary N) is 1. The number of benzene rings is 1. The second-order valence-corrected chi connectivity index (χ2v) is 8.20. The number of methoxy groups -OCH3 is 1. The van der Waals surface area contributed by atoms with E-state index in [-0.39, 0.29) is 22.6 Å². The Morgan fingerprint density at radius 3 is 2.78 bits per heavy atom. The van der Waals surface area contributed by atoms with Crippen LogP contribution in [-0.4, -0.2) is 47.2 Å². The summed E-state index contributed by atoms with van der Waals surface area (Å²) in [4.78, 5) is 39.2. The molecule has 3 N–H and O–H groups in total. The Kier molecular flexibility index (Phi) is 4.86. The highest BCUT2D eigenvalue weighted by atomic mass is 16.5. The van der Waals surface area contributed by atoms with Gasteiger partial charge in [-0.05, 0) is 18.2 Å². The summed E-state index contributed by atoms with van der Waals surface area (Å²) in [6.45, 7) is 3.67.